The first-order chi connectivity index (χ1) is 9.03. The lowest BCUT2D eigenvalue weighted by Gasteiger charge is -2.22. The molecule has 2 fully saturated rings. The quantitative estimate of drug-likeness (QED) is 0.921. The molecular formula is C15H21NO2S. The van der Waals surface area contributed by atoms with Gasteiger partial charge in [-0.2, -0.15) is 0 Å². The van der Waals surface area contributed by atoms with E-state index in [-0.39, 0.29) is 11.8 Å². The standard InChI is InChI=1S/C15H21NO2S/c1-11-4-2-3-5-14(11)10-19(17,18)16-15-9-12-6-7-13(15)8-12/h2-5,12-13,15-16H,6-10H2,1H3. The normalized spacial score (nSPS) is 29.8. The molecule has 0 saturated heterocycles. The average molecular weight is 279 g/mol. The highest BCUT2D eigenvalue weighted by atomic mass is 32.2. The highest BCUT2D eigenvalue weighted by Gasteiger charge is 2.41. The number of rotatable bonds is 4. The molecule has 1 N–H and O–H groups in total. The van der Waals surface area contributed by atoms with Gasteiger partial charge in [0.1, 0.15) is 0 Å². The summed E-state index contributed by atoms with van der Waals surface area (Å²) >= 11 is 0. The SMILES string of the molecule is Cc1ccccc1CS(=O)(=O)NC1CC2CCC1C2. The fraction of sp³-hybridized carbons (Fsp3) is 0.600. The van der Waals surface area contributed by atoms with Crippen LogP contribution in [0.25, 0.3) is 0 Å². The predicted octanol–water partition coefficient (Wildman–Crippen LogP) is 2.60. The van der Waals surface area contributed by atoms with Crippen molar-refractivity contribution in [1.29, 1.82) is 0 Å². The van der Waals surface area contributed by atoms with Gasteiger partial charge < -0.3 is 0 Å². The molecule has 0 aliphatic heterocycles. The first-order valence-electron chi connectivity index (χ1n) is 7.08. The fourth-order valence-corrected chi connectivity index (χ4v) is 5.20. The molecular weight excluding hydrogens is 258 g/mol. The van der Waals surface area contributed by atoms with Crippen molar-refractivity contribution in [2.45, 2.75) is 44.4 Å². The third kappa shape index (κ3) is 2.84. The highest BCUT2D eigenvalue weighted by Crippen LogP contribution is 2.44. The molecule has 2 aliphatic carbocycles. The Labute approximate surface area is 115 Å². The first kappa shape index (κ1) is 13.1. The third-order valence-corrected chi connectivity index (χ3v) is 6.03. The van der Waals surface area contributed by atoms with Gasteiger partial charge in [0.15, 0.2) is 0 Å². The van der Waals surface area contributed by atoms with Crippen LogP contribution in [0.2, 0.25) is 0 Å². The zero-order valence-electron chi connectivity index (χ0n) is 11.3. The van der Waals surface area contributed by atoms with E-state index in [0.717, 1.165) is 23.5 Å². The Kier molecular flexibility index (Phi) is 3.39. The lowest BCUT2D eigenvalue weighted by Crippen LogP contribution is -2.39. The number of benzene rings is 1. The summed E-state index contributed by atoms with van der Waals surface area (Å²) in [6.45, 7) is 1.96. The zero-order valence-corrected chi connectivity index (χ0v) is 12.1. The molecule has 4 heteroatoms. The minimum Gasteiger partial charge on any atom is -0.212 e. The van der Waals surface area contributed by atoms with E-state index in [1.807, 2.05) is 31.2 Å². The van der Waals surface area contributed by atoms with Crippen molar-refractivity contribution < 1.29 is 8.42 Å². The molecule has 19 heavy (non-hydrogen) atoms. The maximum atomic E-state index is 12.3. The number of nitrogens with one attached hydrogen (secondary N) is 1. The van der Waals surface area contributed by atoms with Crippen LogP contribution in [0, 0.1) is 18.8 Å². The summed E-state index contributed by atoms with van der Waals surface area (Å²) in [5, 5.41) is 0. The largest absolute Gasteiger partial charge is 0.216 e. The second-order valence-electron chi connectivity index (χ2n) is 6.08. The van der Waals surface area contributed by atoms with E-state index >= 15 is 0 Å². The number of hydrogen-bond donors (Lipinski definition) is 1. The summed E-state index contributed by atoms with van der Waals surface area (Å²) in [6, 6.07) is 7.88. The van der Waals surface area contributed by atoms with Gasteiger partial charge in [0, 0.05) is 6.04 Å². The summed E-state index contributed by atoms with van der Waals surface area (Å²) < 4.78 is 27.5. The molecule has 104 valence electrons. The smallest absolute Gasteiger partial charge is 0.212 e. The van der Waals surface area contributed by atoms with E-state index in [4.69, 9.17) is 0 Å². The second kappa shape index (κ2) is 4.91. The van der Waals surface area contributed by atoms with Crippen LogP contribution in [-0.4, -0.2) is 14.5 Å². The van der Waals surface area contributed by atoms with Gasteiger partial charge in [0.25, 0.3) is 0 Å². The Hall–Kier alpha value is -0.870. The Balaban J connectivity index is 1.68. The van der Waals surface area contributed by atoms with Crippen LogP contribution >= 0.6 is 0 Å². The minimum atomic E-state index is -3.21. The first-order valence-corrected chi connectivity index (χ1v) is 8.73. The molecule has 2 saturated carbocycles. The summed E-state index contributed by atoms with van der Waals surface area (Å²) in [4.78, 5) is 0. The second-order valence-corrected chi connectivity index (χ2v) is 7.84. The van der Waals surface area contributed by atoms with Gasteiger partial charge in [-0.1, -0.05) is 30.7 Å². The summed E-state index contributed by atoms with van der Waals surface area (Å²) in [5.41, 5.74) is 1.94. The van der Waals surface area contributed by atoms with Crippen LogP contribution in [0.15, 0.2) is 24.3 Å². The topological polar surface area (TPSA) is 46.2 Å². The Morgan fingerprint density at radius 2 is 2.00 bits per heavy atom. The van der Waals surface area contributed by atoms with Gasteiger partial charge in [-0.15, -0.1) is 0 Å². The van der Waals surface area contributed by atoms with Gasteiger partial charge in [0.2, 0.25) is 10.0 Å². The maximum absolute atomic E-state index is 12.3. The van der Waals surface area contributed by atoms with E-state index in [1.165, 1.54) is 19.3 Å². The van der Waals surface area contributed by atoms with Gasteiger partial charge in [0.05, 0.1) is 5.75 Å². The molecule has 2 bridgehead atoms. The molecule has 0 heterocycles. The van der Waals surface area contributed by atoms with Crippen molar-refractivity contribution in [3.05, 3.63) is 35.4 Å². The van der Waals surface area contributed by atoms with Gasteiger partial charge in [-0.05, 0) is 49.1 Å². The Bertz CT molecular complexity index is 567. The molecule has 0 spiro atoms. The van der Waals surface area contributed by atoms with Crippen molar-refractivity contribution >= 4 is 10.0 Å². The van der Waals surface area contributed by atoms with Crippen LogP contribution < -0.4 is 4.72 Å². The summed E-state index contributed by atoms with van der Waals surface area (Å²) in [6.07, 6.45) is 4.75. The van der Waals surface area contributed by atoms with Crippen LogP contribution in [0.3, 0.4) is 0 Å². The van der Waals surface area contributed by atoms with Crippen LogP contribution in [0.1, 0.15) is 36.8 Å². The van der Waals surface area contributed by atoms with Crippen LogP contribution in [0.4, 0.5) is 0 Å². The van der Waals surface area contributed by atoms with Crippen LogP contribution in [0.5, 0.6) is 0 Å². The Morgan fingerprint density at radius 1 is 1.21 bits per heavy atom. The van der Waals surface area contributed by atoms with E-state index < -0.39 is 10.0 Å². The van der Waals surface area contributed by atoms with Crippen molar-refractivity contribution in [3.63, 3.8) is 0 Å². The monoisotopic (exact) mass is 279 g/mol. The third-order valence-electron chi connectivity index (χ3n) is 4.68. The maximum Gasteiger partial charge on any atom is 0.216 e. The van der Waals surface area contributed by atoms with E-state index in [0.29, 0.717) is 5.92 Å². The molecule has 3 atom stereocenters. The lowest BCUT2D eigenvalue weighted by atomic mass is 9.96. The number of sulfonamides is 1. The van der Waals surface area contributed by atoms with Crippen molar-refractivity contribution in [3.8, 4) is 0 Å². The van der Waals surface area contributed by atoms with Crippen LogP contribution in [-0.2, 0) is 15.8 Å². The van der Waals surface area contributed by atoms with Gasteiger partial charge in [-0.3, -0.25) is 0 Å². The molecule has 3 nitrogen and oxygen atoms in total. The summed E-state index contributed by atoms with van der Waals surface area (Å²) in [5.74, 6) is 1.45. The molecule has 1 aromatic carbocycles. The van der Waals surface area contributed by atoms with Crippen molar-refractivity contribution in [1.82, 2.24) is 4.72 Å². The van der Waals surface area contributed by atoms with Gasteiger partial charge in [-0.25, -0.2) is 13.1 Å². The Morgan fingerprint density at radius 3 is 2.63 bits per heavy atom. The summed E-state index contributed by atoms with van der Waals surface area (Å²) in [7, 11) is -3.21. The van der Waals surface area contributed by atoms with E-state index in [1.54, 1.807) is 0 Å². The highest BCUT2D eigenvalue weighted by molar-refractivity contribution is 7.88. The molecule has 3 rings (SSSR count). The minimum absolute atomic E-state index is 0.105. The lowest BCUT2D eigenvalue weighted by molar-refractivity contribution is 0.390. The van der Waals surface area contributed by atoms with E-state index in [2.05, 4.69) is 4.72 Å². The van der Waals surface area contributed by atoms with E-state index in [9.17, 15) is 8.42 Å². The molecule has 0 radical (unpaired) electrons. The molecule has 3 unspecified atom stereocenters. The number of aryl methyl sites for hydroxylation is 1. The molecule has 0 aromatic heterocycles. The van der Waals surface area contributed by atoms with Crippen molar-refractivity contribution in [2.24, 2.45) is 11.8 Å². The average Bonchev–Trinajstić information content (AvgIpc) is 2.93. The number of fused-ring (bicyclic) bond motifs is 2. The van der Waals surface area contributed by atoms with Gasteiger partial charge >= 0.3 is 0 Å². The van der Waals surface area contributed by atoms with Crippen molar-refractivity contribution in [2.75, 3.05) is 0 Å². The predicted molar refractivity (Wildman–Crippen MR) is 76.2 cm³/mol. The fourth-order valence-electron chi connectivity index (χ4n) is 3.64. The number of hydrogen-bond acceptors (Lipinski definition) is 2. The molecule has 1 aromatic rings. The molecule has 0 amide bonds. The zero-order chi connectivity index (χ0) is 13.5. The molecule has 2 aliphatic rings.